The van der Waals surface area contributed by atoms with E-state index in [0.717, 1.165) is 18.9 Å². The fourth-order valence-corrected chi connectivity index (χ4v) is 2.35. The first kappa shape index (κ1) is 14.7. The third-order valence-electron chi connectivity index (χ3n) is 3.46. The number of aromatic nitrogens is 3. The van der Waals surface area contributed by atoms with Crippen LogP contribution in [0.2, 0.25) is 0 Å². The third-order valence-corrected chi connectivity index (χ3v) is 3.46. The van der Waals surface area contributed by atoms with Crippen LogP contribution < -0.4 is 5.32 Å². The van der Waals surface area contributed by atoms with Crippen molar-refractivity contribution in [3.8, 4) is 0 Å². The fourth-order valence-electron chi connectivity index (χ4n) is 2.35. The van der Waals surface area contributed by atoms with Crippen LogP contribution in [0.25, 0.3) is 0 Å². The van der Waals surface area contributed by atoms with Gasteiger partial charge in [-0.25, -0.2) is 9.67 Å². The van der Waals surface area contributed by atoms with Crippen LogP contribution in [0.1, 0.15) is 43.8 Å². The van der Waals surface area contributed by atoms with E-state index in [4.69, 9.17) is 0 Å². The van der Waals surface area contributed by atoms with E-state index < -0.39 is 0 Å². The van der Waals surface area contributed by atoms with Crippen molar-refractivity contribution >= 4 is 0 Å². The molecule has 1 atom stereocenters. The molecular weight excluding hydrogens is 248 g/mol. The van der Waals surface area contributed by atoms with Gasteiger partial charge in [0, 0.05) is 12.6 Å². The largest absolute Gasteiger partial charge is 0.303 e. The average molecular weight is 272 g/mol. The Morgan fingerprint density at radius 3 is 2.65 bits per heavy atom. The van der Waals surface area contributed by atoms with Gasteiger partial charge in [-0.3, -0.25) is 0 Å². The van der Waals surface area contributed by atoms with E-state index in [-0.39, 0.29) is 0 Å². The zero-order valence-corrected chi connectivity index (χ0v) is 12.8. The minimum absolute atomic E-state index is 0.306. The van der Waals surface area contributed by atoms with Gasteiger partial charge in [0.25, 0.3) is 0 Å². The summed E-state index contributed by atoms with van der Waals surface area (Å²) >= 11 is 0. The smallest absolute Gasteiger partial charge is 0.140 e. The van der Waals surface area contributed by atoms with Gasteiger partial charge in [0.15, 0.2) is 0 Å². The molecule has 0 fully saturated rings. The minimum Gasteiger partial charge on any atom is -0.303 e. The summed E-state index contributed by atoms with van der Waals surface area (Å²) in [7, 11) is 0. The Morgan fingerprint density at radius 2 is 1.95 bits per heavy atom. The Morgan fingerprint density at radius 1 is 1.20 bits per heavy atom. The lowest BCUT2D eigenvalue weighted by molar-refractivity contribution is 0.449. The fraction of sp³-hybridized carbons (Fsp3) is 0.500. The second kappa shape index (κ2) is 6.66. The Kier molecular flexibility index (Phi) is 4.90. The maximum atomic E-state index is 4.35. The minimum atomic E-state index is 0.306. The molecule has 0 aliphatic rings. The number of hydrogen-bond acceptors (Lipinski definition) is 3. The van der Waals surface area contributed by atoms with Gasteiger partial charge >= 0.3 is 0 Å². The molecule has 1 N–H and O–H groups in total. The van der Waals surface area contributed by atoms with Crippen molar-refractivity contribution in [2.45, 2.75) is 46.8 Å². The van der Waals surface area contributed by atoms with Crippen molar-refractivity contribution < 1.29 is 0 Å². The summed E-state index contributed by atoms with van der Waals surface area (Å²) in [6.07, 6.45) is 1.64. The Bertz CT molecular complexity index is 545. The van der Waals surface area contributed by atoms with Crippen molar-refractivity contribution in [2.24, 2.45) is 5.92 Å². The molecule has 0 saturated carbocycles. The van der Waals surface area contributed by atoms with Crippen LogP contribution >= 0.6 is 0 Å². The van der Waals surface area contributed by atoms with Gasteiger partial charge in [-0.05, 0) is 30.9 Å². The first-order chi connectivity index (χ1) is 9.58. The van der Waals surface area contributed by atoms with Gasteiger partial charge in [-0.15, -0.1) is 0 Å². The van der Waals surface area contributed by atoms with Gasteiger partial charge in [0.1, 0.15) is 12.2 Å². The highest BCUT2D eigenvalue weighted by Gasteiger charge is 2.10. The van der Waals surface area contributed by atoms with E-state index in [9.17, 15) is 0 Å². The van der Waals surface area contributed by atoms with Crippen LogP contribution in [0.3, 0.4) is 0 Å². The van der Waals surface area contributed by atoms with Crippen molar-refractivity contribution in [3.05, 3.63) is 47.5 Å². The lowest BCUT2D eigenvalue weighted by Crippen LogP contribution is -2.22. The lowest BCUT2D eigenvalue weighted by Gasteiger charge is -2.17. The van der Waals surface area contributed by atoms with E-state index in [1.165, 1.54) is 11.1 Å². The van der Waals surface area contributed by atoms with Gasteiger partial charge in [0.2, 0.25) is 0 Å². The molecule has 0 bridgehead atoms. The molecule has 0 aliphatic carbocycles. The molecule has 0 spiro atoms. The average Bonchev–Trinajstić information content (AvgIpc) is 2.83. The SMILES string of the molecule is Cc1ccccc1[C@H](C)NCc1ncnn1CC(C)C. The van der Waals surface area contributed by atoms with E-state index in [0.29, 0.717) is 12.0 Å². The number of nitrogens with zero attached hydrogens (tertiary/aromatic N) is 3. The van der Waals surface area contributed by atoms with Crippen LogP contribution in [0.15, 0.2) is 30.6 Å². The second-order valence-corrected chi connectivity index (χ2v) is 5.71. The predicted octanol–water partition coefficient (Wildman–Crippen LogP) is 3.09. The summed E-state index contributed by atoms with van der Waals surface area (Å²) in [5.74, 6) is 1.57. The molecule has 0 saturated heterocycles. The molecule has 108 valence electrons. The molecule has 20 heavy (non-hydrogen) atoms. The Hall–Kier alpha value is -1.68. The number of rotatable bonds is 6. The molecule has 2 rings (SSSR count). The van der Waals surface area contributed by atoms with Crippen molar-refractivity contribution in [3.63, 3.8) is 0 Å². The summed E-state index contributed by atoms with van der Waals surface area (Å²) < 4.78 is 1.99. The first-order valence-corrected chi connectivity index (χ1v) is 7.23. The maximum absolute atomic E-state index is 4.35. The zero-order valence-electron chi connectivity index (χ0n) is 12.8. The quantitative estimate of drug-likeness (QED) is 0.878. The molecule has 0 unspecified atom stereocenters. The van der Waals surface area contributed by atoms with Crippen molar-refractivity contribution in [2.75, 3.05) is 0 Å². The van der Waals surface area contributed by atoms with Gasteiger partial charge in [0.05, 0.1) is 6.54 Å². The molecule has 1 aromatic carbocycles. The molecule has 0 radical (unpaired) electrons. The molecule has 4 nitrogen and oxygen atoms in total. The molecule has 1 aromatic heterocycles. The van der Waals surface area contributed by atoms with Gasteiger partial charge < -0.3 is 5.32 Å². The third kappa shape index (κ3) is 3.67. The van der Waals surface area contributed by atoms with Gasteiger partial charge in [-0.2, -0.15) is 5.10 Å². The normalized spacial score (nSPS) is 12.8. The summed E-state index contributed by atoms with van der Waals surface area (Å²) in [6.45, 7) is 10.4. The summed E-state index contributed by atoms with van der Waals surface area (Å²) in [5.41, 5.74) is 2.65. The highest BCUT2D eigenvalue weighted by Crippen LogP contribution is 2.17. The number of hydrogen-bond donors (Lipinski definition) is 1. The summed E-state index contributed by atoms with van der Waals surface area (Å²) in [6, 6.07) is 8.79. The van der Waals surface area contributed by atoms with Crippen LogP contribution in [-0.2, 0) is 13.1 Å². The predicted molar refractivity (Wildman–Crippen MR) is 81.3 cm³/mol. The number of benzene rings is 1. The van der Waals surface area contributed by atoms with Gasteiger partial charge in [-0.1, -0.05) is 38.1 Å². The van der Waals surface area contributed by atoms with Crippen LogP contribution in [-0.4, -0.2) is 14.8 Å². The summed E-state index contributed by atoms with van der Waals surface area (Å²) in [5, 5.41) is 7.82. The van der Waals surface area contributed by atoms with E-state index in [1.54, 1.807) is 6.33 Å². The molecule has 1 heterocycles. The molecule has 0 aliphatic heterocycles. The number of nitrogens with one attached hydrogen (secondary N) is 1. The Balaban J connectivity index is 1.99. The first-order valence-electron chi connectivity index (χ1n) is 7.23. The highest BCUT2D eigenvalue weighted by atomic mass is 15.3. The topological polar surface area (TPSA) is 42.7 Å². The standard InChI is InChI=1S/C16H24N4/c1-12(2)10-20-16(18-11-19-20)9-17-14(4)15-8-6-5-7-13(15)3/h5-8,11-12,14,17H,9-10H2,1-4H3/t14-/m0/s1. The lowest BCUT2D eigenvalue weighted by atomic mass is 10.0. The molecule has 4 heteroatoms. The van der Waals surface area contributed by atoms with Crippen LogP contribution in [0, 0.1) is 12.8 Å². The molecule has 0 amide bonds. The molecule has 2 aromatic rings. The second-order valence-electron chi connectivity index (χ2n) is 5.71. The monoisotopic (exact) mass is 272 g/mol. The van der Waals surface area contributed by atoms with Crippen molar-refractivity contribution in [1.82, 2.24) is 20.1 Å². The summed E-state index contributed by atoms with van der Waals surface area (Å²) in [4.78, 5) is 4.35. The van der Waals surface area contributed by atoms with Crippen LogP contribution in [0.4, 0.5) is 0 Å². The van der Waals surface area contributed by atoms with Crippen LogP contribution in [0.5, 0.6) is 0 Å². The number of aryl methyl sites for hydroxylation is 1. The van der Waals surface area contributed by atoms with E-state index in [1.807, 2.05) is 4.68 Å². The highest BCUT2D eigenvalue weighted by molar-refractivity contribution is 5.28. The maximum Gasteiger partial charge on any atom is 0.140 e. The Labute approximate surface area is 121 Å². The van der Waals surface area contributed by atoms with E-state index >= 15 is 0 Å². The van der Waals surface area contributed by atoms with Crippen molar-refractivity contribution in [1.29, 1.82) is 0 Å². The van der Waals surface area contributed by atoms with E-state index in [2.05, 4.69) is 67.4 Å². The molecular formula is C16H24N4. The zero-order chi connectivity index (χ0) is 14.5.